The quantitative estimate of drug-likeness (QED) is 0.345. The van der Waals surface area contributed by atoms with Crippen molar-refractivity contribution in [3.8, 4) is 11.8 Å². The maximum atomic E-state index is 5.15. The van der Waals surface area contributed by atoms with Crippen molar-refractivity contribution in [3.63, 3.8) is 0 Å². The molecule has 0 amide bonds. The van der Waals surface area contributed by atoms with Crippen LogP contribution in [0.5, 0.6) is 0 Å². The minimum absolute atomic E-state index is 0.576. The summed E-state index contributed by atoms with van der Waals surface area (Å²) in [5.74, 6) is 6.27. The maximum absolute atomic E-state index is 5.15. The molecule has 0 unspecified atom stereocenters. The van der Waals surface area contributed by atoms with Crippen LogP contribution in [-0.2, 0) is 33.7 Å². The number of para-hydroxylation sites is 1. The Morgan fingerprint density at radius 1 is 0.862 bits per heavy atom. The Morgan fingerprint density at radius 2 is 1.38 bits per heavy atom. The van der Waals surface area contributed by atoms with Crippen molar-refractivity contribution >= 4 is 42.1 Å². The van der Waals surface area contributed by atoms with E-state index in [0.29, 0.717) is 4.57 Å². The van der Waals surface area contributed by atoms with Gasteiger partial charge in [-0.1, -0.05) is 0 Å². The summed E-state index contributed by atoms with van der Waals surface area (Å²) in [6.07, 6.45) is 0. The second-order valence-corrected chi connectivity index (χ2v) is 8.78. The van der Waals surface area contributed by atoms with Crippen LogP contribution >= 0.6 is 31.9 Å². The van der Waals surface area contributed by atoms with Crippen LogP contribution in [0.15, 0.2) is 81.7 Å². The summed E-state index contributed by atoms with van der Waals surface area (Å²) in [4.78, 5) is 2.35. The number of benzene rings is 3. The van der Waals surface area contributed by atoms with Crippen molar-refractivity contribution in [2.75, 3.05) is 12.0 Å². The van der Waals surface area contributed by atoms with Gasteiger partial charge in [0.05, 0.1) is 0 Å². The van der Waals surface area contributed by atoms with E-state index in [1.807, 2.05) is 12.1 Å². The molecule has 0 spiro atoms. The van der Waals surface area contributed by atoms with E-state index in [9.17, 15) is 0 Å². The van der Waals surface area contributed by atoms with E-state index in [2.05, 4.69) is 125 Å². The monoisotopic (exact) mass is 547 g/mol. The van der Waals surface area contributed by atoms with Crippen LogP contribution in [-0.4, -0.2) is 11.7 Å². The molecule has 0 radical (unpaired) electrons. The topological polar surface area (TPSA) is 12.5 Å². The fourth-order valence-corrected chi connectivity index (χ4v) is 3.48. The number of hydrogen-bond donors (Lipinski definition) is 0. The Balaban J connectivity index is 1.97. The van der Waals surface area contributed by atoms with Gasteiger partial charge in [0.2, 0.25) is 0 Å². The molecule has 0 aliphatic rings. The number of ether oxygens (including phenoxy) is 1. The Hall–Kier alpha value is -1.66. The standard InChI is InChI=1S/C24H19Br2NO.Cr/c1-28-16-4-6-21-5-2-3-7-24(21)27(17-19-8-12-22(25)13-9-19)18-20-10-14-23(26)15-11-20;/h2-3,5,7-15H,17-18H2,1H3;. The molecule has 3 aromatic carbocycles. The van der Waals surface area contributed by atoms with Crippen LogP contribution in [0.3, 0.4) is 0 Å². The van der Waals surface area contributed by atoms with Gasteiger partial charge in [0.15, 0.2) is 0 Å². The zero-order valence-corrected chi connectivity index (χ0v) is 20.3. The molecule has 0 aromatic heterocycles. The number of halogens is 2. The molecule has 0 heterocycles. The summed E-state index contributed by atoms with van der Waals surface area (Å²) < 4.78 is 7.88. The van der Waals surface area contributed by atoms with E-state index in [1.54, 1.807) is 7.11 Å². The SMILES string of the molecule is CO[C](=[Cr])C#Cc1ccccc1N(Cc1ccc(Br)cc1)Cc1ccc(Br)cc1. The Kier molecular flexibility index (Phi) is 8.31. The molecule has 146 valence electrons. The van der Waals surface area contributed by atoms with Crippen LogP contribution in [0, 0.1) is 11.8 Å². The molecular formula is C24H19Br2CrNO. The van der Waals surface area contributed by atoms with Crippen molar-refractivity contribution in [1.29, 1.82) is 0 Å². The first-order chi connectivity index (χ1) is 14.0. The van der Waals surface area contributed by atoms with Gasteiger partial charge in [-0.3, -0.25) is 0 Å². The number of hydrogen-bond acceptors (Lipinski definition) is 2. The van der Waals surface area contributed by atoms with E-state index in [-0.39, 0.29) is 0 Å². The molecule has 2 nitrogen and oxygen atoms in total. The predicted octanol–water partition coefficient (Wildman–Crippen LogP) is 6.09. The number of rotatable bonds is 6. The van der Waals surface area contributed by atoms with Gasteiger partial charge in [0.1, 0.15) is 0 Å². The number of anilines is 1. The first-order valence-electron chi connectivity index (χ1n) is 8.98. The van der Waals surface area contributed by atoms with Crippen LogP contribution in [0.4, 0.5) is 5.69 Å². The zero-order chi connectivity index (χ0) is 20.6. The van der Waals surface area contributed by atoms with Crippen molar-refractivity contribution in [2.24, 2.45) is 0 Å². The van der Waals surface area contributed by atoms with Crippen LogP contribution in [0.25, 0.3) is 0 Å². The van der Waals surface area contributed by atoms with Gasteiger partial charge in [-0.05, 0) is 0 Å². The minimum atomic E-state index is 0.576. The fourth-order valence-electron chi connectivity index (χ4n) is 2.87. The van der Waals surface area contributed by atoms with Crippen LogP contribution in [0.1, 0.15) is 16.7 Å². The molecule has 0 saturated heterocycles. The molecule has 0 aliphatic heterocycles. The molecule has 0 fully saturated rings. The van der Waals surface area contributed by atoms with E-state index < -0.39 is 0 Å². The summed E-state index contributed by atoms with van der Waals surface area (Å²) >= 11 is 9.87. The molecule has 0 atom stereocenters. The van der Waals surface area contributed by atoms with Crippen LogP contribution < -0.4 is 4.90 Å². The molecular weight excluding hydrogens is 530 g/mol. The van der Waals surface area contributed by atoms with Crippen molar-refractivity contribution in [3.05, 3.63) is 98.4 Å². The average Bonchev–Trinajstić information content (AvgIpc) is 2.75. The van der Waals surface area contributed by atoms with Gasteiger partial charge in [0.25, 0.3) is 0 Å². The van der Waals surface area contributed by atoms with Gasteiger partial charge in [-0.25, -0.2) is 0 Å². The summed E-state index contributed by atoms with van der Waals surface area (Å²) in [6, 6.07) is 25.1. The fraction of sp³-hybridized carbons (Fsp3) is 0.125. The third-order valence-corrected chi connectivity index (χ3v) is 5.78. The summed E-state index contributed by atoms with van der Waals surface area (Å²) in [7, 11) is 1.61. The number of nitrogens with zero attached hydrogens (tertiary/aromatic N) is 1. The third kappa shape index (κ3) is 6.68. The van der Waals surface area contributed by atoms with Crippen LogP contribution in [0.2, 0.25) is 0 Å². The third-order valence-electron chi connectivity index (χ3n) is 4.30. The predicted molar refractivity (Wildman–Crippen MR) is 124 cm³/mol. The van der Waals surface area contributed by atoms with Gasteiger partial charge in [0, 0.05) is 0 Å². The Morgan fingerprint density at radius 3 is 1.90 bits per heavy atom. The Bertz CT molecular complexity index is 989. The molecule has 0 saturated carbocycles. The van der Waals surface area contributed by atoms with Gasteiger partial charge in [-0.2, -0.15) is 0 Å². The summed E-state index contributed by atoms with van der Waals surface area (Å²) in [6.45, 7) is 1.56. The van der Waals surface area contributed by atoms with E-state index in [0.717, 1.165) is 33.3 Å². The molecule has 0 N–H and O–H groups in total. The van der Waals surface area contributed by atoms with E-state index in [4.69, 9.17) is 4.74 Å². The van der Waals surface area contributed by atoms with Crippen molar-refractivity contribution in [2.45, 2.75) is 13.1 Å². The second kappa shape index (κ2) is 10.9. The van der Waals surface area contributed by atoms with Gasteiger partial charge in [-0.15, -0.1) is 0 Å². The Labute approximate surface area is 197 Å². The summed E-state index contributed by atoms with van der Waals surface area (Å²) in [5, 5.41) is 0. The normalized spacial score (nSPS) is 10.2. The molecule has 5 heteroatoms. The summed E-state index contributed by atoms with van der Waals surface area (Å²) in [5.41, 5.74) is 4.53. The average molecular weight is 549 g/mol. The van der Waals surface area contributed by atoms with Gasteiger partial charge < -0.3 is 0 Å². The second-order valence-electron chi connectivity index (χ2n) is 6.37. The van der Waals surface area contributed by atoms with E-state index in [1.165, 1.54) is 11.1 Å². The molecule has 3 aromatic rings. The molecule has 29 heavy (non-hydrogen) atoms. The van der Waals surface area contributed by atoms with Gasteiger partial charge >= 0.3 is 198 Å². The zero-order valence-electron chi connectivity index (χ0n) is 15.9. The van der Waals surface area contributed by atoms with Crippen molar-refractivity contribution in [1.82, 2.24) is 0 Å². The first-order valence-corrected chi connectivity index (χ1v) is 11.2. The number of methoxy groups -OCH3 is 1. The van der Waals surface area contributed by atoms with Crippen molar-refractivity contribution < 1.29 is 20.6 Å². The molecule has 0 bridgehead atoms. The van der Waals surface area contributed by atoms with E-state index >= 15 is 0 Å². The first kappa shape index (κ1) is 22.0. The molecule has 0 aliphatic carbocycles. The molecule has 3 rings (SSSR count).